The molecule has 3 aromatic rings. The van der Waals surface area contributed by atoms with E-state index in [4.69, 9.17) is 4.42 Å². The molecule has 108 valence electrons. The topological polar surface area (TPSA) is 64.2 Å². The Morgan fingerprint density at radius 1 is 1.38 bits per heavy atom. The number of amides is 1. The number of aryl methyl sites for hydroxylation is 1. The lowest BCUT2D eigenvalue weighted by atomic mass is 10.2. The Balaban J connectivity index is 1.64. The summed E-state index contributed by atoms with van der Waals surface area (Å²) in [5, 5.41) is 5.52. The zero-order chi connectivity index (χ0) is 14.8. The van der Waals surface area contributed by atoms with E-state index in [1.54, 1.807) is 5.38 Å². The first-order chi connectivity index (χ1) is 10.1. The van der Waals surface area contributed by atoms with Gasteiger partial charge in [0.25, 0.3) is 0 Å². The van der Waals surface area contributed by atoms with Gasteiger partial charge in [0.05, 0.1) is 6.54 Å². The van der Waals surface area contributed by atoms with Crippen molar-refractivity contribution in [2.75, 3.05) is 0 Å². The van der Waals surface area contributed by atoms with Crippen LogP contribution < -0.4 is 10.2 Å². The molecule has 0 saturated heterocycles. The minimum absolute atomic E-state index is 0.0361. The Morgan fingerprint density at radius 2 is 2.19 bits per heavy atom. The fourth-order valence-electron chi connectivity index (χ4n) is 2.11. The molecule has 2 aromatic heterocycles. The van der Waals surface area contributed by atoms with Crippen LogP contribution in [0.15, 0.2) is 44.9 Å². The van der Waals surface area contributed by atoms with E-state index in [1.807, 2.05) is 37.3 Å². The average molecular weight is 302 g/mol. The van der Waals surface area contributed by atoms with Crippen LogP contribution in [0.25, 0.3) is 11.0 Å². The van der Waals surface area contributed by atoms with Crippen LogP contribution in [0.1, 0.15) is 11.5 Å². The molecule has 0 aliphatic rings. The SMILES string of the molecule is Cc1csc(=O)n1CC(=O)NCc1cc2ccccc2o1. The molecule has 0 fully saturated rings. The molecule has 0 bridgehead atoms. The largest absolute Gasteiger partial charge is 0.459 e. The lowest BCUT2D eigenvalue weighted by Gasteiger charge is -2.05. The fraction of sp³-hybridized carbons (Fsp3) is 0.200. The normalized spacial score (nSPS) is 10.9. The van der Waals surface area contributed by atoms with Gasteiger partial charge in [-0.3, -0.25) is 14.2 Å². The highest BCUT2D eigenvalue weighted by Crippen LogP contribution is 2.18. The Labute approximate surface area is 124 Å². The number of rotatable bonds is 4. The summed E-state index contributed by atoms with van der Waals surface area (Å²) >= 11 is 1.10. The average Bonchev–Trinajstić information content (AvgIpc) is 3.03. The van der Waals surface area contributed by atoms with Crippen molar-refractivity contribution >= 4 is 28.2 Å². The van der Waals surface area contributed by atoms with Crippen molar-refractivity contribution in [1.29, 1.82) is 0 Å². The maximum absolute atomic E-state index is 11.9. The van der Waals surface area contributed by atoms with E-state index in [0.717, 1.165) is 28.0 Å². The second-order valence-electron chi connectivity index (χ2n) is 4.76. The number of carbonyl (C=O) groups is 1. The molecule has 1 amide bonds. The number of para-hydroxylation sites is 1. The predicted molar refractivity (Wildman–Crippen MR) is 81.4 cm³/mol. The summed E-state index contributed by atoms with van der Waals surface area (Å²) in [4.78, 5) is 23.3. The Bertz CT molecular complexity index is 811. The van der Waals surface area contributed by atoms with Gasteiger partial charge in [-0.25, -0.2) is 0 Å². The van der Waals surface area contributed by atoms with E-state index in [2.05, 4.69) is 5.32 Å². The minimum Gasteiger partial charge on any atom is -0.459 e. The van der Waals surface area contributed by atoms with E-state index in [1.165, 1.54) is 4.57 Å². The number of nitrogens with one attached hydrogen (secondary N) is 1. The van der Waals surface area contributed by atoms with Crippen molar-refractivity contribution < 1.29 is 9.21 Å². The Morgan fingerprint density at radius 3 is 2.90 bits per heavy atom. The number of benzene rings is 1. The van der Waals surface area contributed by atoms with Gasteiger partial charge in [0.15, 0.2) is 0 Å². The van der Waals surface area contributed by atoms with Crippen LogP contribution in [-0.4, -0.2) is 10.5 Å². The Kier molecular flexibility index (Phi) is 3.62. The molecule has 1 N–H and O–H groups in total. The lowest BCUT2D eigenvalue weighted by Crippen LogP contribution is -2.30. The zero-order valence-corrected chi connectivity index (χ0v) is 12.3. The highest BCUT2D eigenvalue weighted by molar-refractivity contribution is 7.07. The molecule has 6 heteroatoms. The summed E-state index contributed by atoms with van der Waals surface area (Å²) in [5.41, 5.74) is 1.59. The minimum atomic E-state index is -0.209. The van der Waals surface area contributed by atoms with E-state index < -0.39 is 0 Å². The third-order valence-corrected chi connectivity index (χ3v) is 4.10. The molecule has 2 heterocycles. The second kappa shape index (κ2) is 5.57. The number of thiazole rings is 1. The molecule has 0 unspecified atom stereocenters. The van der Waals surface area contributed by atoms with Crippen LogP contribution >= 0.6 is 11.3 Å². The van der Waals surface area contributed by atoms with Crippen molar-refractivity contribution in [2.45, 2.75) is 20.0 Å². The van der Waals surface area contributed by atoms with Crippen LogP contribution in [0.4, 0.5) is 0 Å². The van der Waals surface area contributed by atoms with Gasteiger partial charge in [0.1, 0.15) is 17.9 Å². The van der Waals surface area contributed by atoms with Crippen LogP contribution in [0.5, 0.6) is 0 Å². The van der Waals surface area contributed by atoms with Crippen molar-refractivity contribution in [1.82, 2.24) is 9.88 Å². The first-order valence-electron chi connectivity index (χ1n) is 6.52. The van der Waals surface area contributed by atoms with Gasteiger partial charge in [-0.15, -0.1) is 0 Å². The van der Waals surface area contributed by atoms with Gasteiger partial charge in [0, 0.05) is 16.5 Å². The van der Waals surface area contributed by atoms with Gasteiger partial charge in [0.2, 0.25) is 5.91 Å². The molecule has 0 saturated carbocycles. The van der Waals surface area contributed by atoms with Gasteiger partial charge in [-0.1, -0.05) is 29.5 Å². The number of hydrogen-bond acceptors (Lipinski definition) is 4. The maximum atomic E-state index is 11.9. The number of hydrogen-bond donors (Lipinski definition) is 1. The molecule has 21 heavy (non-hydrogen) atoms. The van der Waals surface area contributed by atoms with E-state index >= 15 is 0 Å². The summed E-state index contributed by atoms with van der Waals surface area (Å²) in [6, 6.07) is 9.58. The summed E-state index contributed by atoms with van der Waals surface area (Å²) in [7, 11) is 0. The van der Waals surface area contributed by atoms with Crippen molar-refractivity contribution in [3.05, 3.63) is 56.8 Å². The van der Waals surface area contributed by atoms with Crippen LogP contribution in [0.3, 0.4) is 0 Å². The molecule has 3 rings (SSSR count). The smallest absolute Gasteiger partial charge is 0.307 e. The molecule has 0 aliphatic carbocycles. The van der Waals surface area contributed by atoms with E-state index in [9.17, 15) is 9.59 Å². The molecule has 0 spiro atoms. The zero-order valence-electron chi connectivity index (χ0n) is 11.5. The van der Waals surface area contributed by atoms with Crippen molar-refractivity contribution in [3.8, 4) is 0 Å². The molecule has 0 atom stereocenters. The van der Waals surface area contributed by atoms with Crippen LogP contribution in [0, 0.1) is 6.92 Å². The van der Waals surface area contributed by atoms with Gasteiger partial charge < -0.3 is 9.73 Å². The quantitative estimate of drug-likeness (QED) is 0.804. The molecule has 0 radical (unpaired) electrons. The number of carbonyl (C=O) groups excluding carboxylic acids is 1. The number of aromatic nitrogens is 1. The summed E-state index contributed by atoms with van der Waals surface area (Å²) in [6.45, 7) is 2.16. The number of fused-ring (bicyclic) bond motifs is 1. The first kappa shape index (κ1) is 13.6. The van der Waals surface area contributed by atoms with Gasteiger partial charge in [-0.05, 0) is 19.1 Å². The summed E-state index contributed by atoms with van der Waals surface area (Å²) in [6.07, 6.45) is 0. The van der Waals surface area contributed by atoms with E-state index in [-0.39, 0.29) is 17.3 Å². The third kappa shape index (κ3) is 2.90. The molecule has 0 aliphatic heterocycles. The maximum Gasteiger partial charge on any atom is 0.307 e. The van der Waals surface area contributed by atoms with Crippen LogP contribution in [0.2, 0.25) is 0 Å². The number of nitrogens with zero attached hydrogens (tertiary/aromatic N) is 1. The predicted octanol–water partition coefficient (Wildman–Crippen LogP) is 2.28. The van der Waals surface area contributed by atoms with Gasteiger partial charge in [-0.2, -0.15) is 0 Å². The molecule has 5 nitrogen and oxygen atoms in total. The fourth-order valence-corrected chi connectivity index (χ4v) is 2.84. The third-order valence-electron chi connectivity index (χ3n) is 3.21. The molecule has 1 aromatic carbocycles. The highest BCUT2D eigenvalue weighted by Gasteiger charge is 2.09. The number of furan rings is 1. The molecular formula is C15H14N2O3S. The highest BCUT2D eigenvalue weighted by atomic mass is 32.1. The van der Waals surface area contributed by atoms with E-state index in [0.29, 0.717) is 12.3 Å². The Hall–Kier alpha value is -2.34. The monoisotopic (exact) mass is 302 g/mol. The summed E-state index contributed by atoms with van der Waals surface area (Å²) in [5.74, 6) is 0.484. The first-order valence-corrected chi connectivity index (χ1v) is 7.40. The molecular weight excluding hydrogens is 288 g/mol. The summed E-state index contributed by atoms with van der Waals surface area (Å²) < 4.78 is 7.08. The van der Waals surface area contributed by atoms with Crippen LogP contribution in [-0.2, 0) is 17.9 Å². The van der Waals surface area contributed by atoms with Gasteiger partial charge >= 0.3 is 4.87 Å². The lowest BCUT2D eigenvalue weighted by molar-refractivity contribution is -0.121. The second-order valence-corrected chi connectivity index (χ2v) is 5.58. The standard InChI is InChI=1S/C15H14N2O3S/c1-10-9-21-15(19)17(10)8-14(18)16-7-12-6-11-4-2-3-5-13(11)20-12/h2-6,9H,7-8H2,1H3,(H,16,18). The van der Waals surface area contributed by atoms with Crippen molar-refractivity contribution in [3.63, 3.8) is 0 Å². The van der Waals surface area contributed by atoms with Crippen molar-refractivity contribution in [2.24, 2.45) is 0 Å².